The number of nitrogens with zero attached hydrogens (tertiary/aromatic N) is 1. The Morgan fingerprint density at radius 3 is 2.44 bits per heavy atom. The summed E-state index contributed by atoms with van der Waals surface area (Å²) in [6, 6.07) is 15.5. The molecule has 1 aliphatic heterocycles. The molecule has 3 rings (SSSR count). The number of rotatable bonds is 4. The zero-order valence-corrected chi connectivity index (χ0v) is 15.7. The molecule has 1 heterocycles. The molecule has 2 aromatic rings. The van der Waals surface area contributed by atoms with Gasteiger partial charge in [-0.15, -0.1) is 0 Å². The van der Waals surface area contributed by atoms with Crippen LogP contribution < -0.4 is 14.9 Å². The Morgan fingerprint density at radius 2 is 1.78 bits per heavy atom. The number of carbonyl (C=O) groups excluding carboxylic acids is 2. The maximum absolute atomic E-state index is 12.2. The van der Waals surface area contributed by atoms with Crippen molar-refractivity contribution in [2.75, 3.05) is 21.9 Å². The summed E-state index contributed by atoms with van der Waals surface area (Å²) in [4.78, 5) is 24.3. The van der Waals surface area contributed by atoms with Crippen molar-refractivity contribution in [3.63, 3.8) is 0 Å². The van der Waals surface area contributed by atoms with E-state index in [-0.39, 0.29) is 11.8 Å². The Morgan fingerprint density at radius 1 is 1.04 bits per heavy atom. The summed E-state index contributed by atoms with van der Waals surface area (Å²) >= 11 is 0. The Balaban J connectivity index is 1.65. The van der Waals surface area contributed by atoms with Crippen LogP contribution in [0.25, 0.3) is 0 Å². The molecular formula is C19H21N3O4S. The number of nitrogens with one attached hydrogen (secondary N) is 2. The lowest BCUT2D eigenvalue weighted by atomic mass is 10.1. The van der Waals surface area contributed by atoms with Gasteiger partial charge in [0.1, 0.15) is 0 Å². The van der Waals surface area contributed by atoms with Crippen molar-refractivity contribution in [1.29, 1.82) is 0 Å². The first-order valence-electron chi connectivity index (χ1n) is 8.64. The number of carbonyl (C=O) groups is 2. The van der Waals surface area contributed by atoms with Gasteiger partial charge in [0.25, 0.3) is 0 Å². The van der Waals surface area contributed by atoms with Crippen LogP contribution in [0.1, 0.15) is 24.9 Å². The van der Waals surface area contributed by atoms with Gasteiger partial charge < -0.3 is 10.6 Å². The van der Waals surface area contributed by atoms with Crippen LogP contribution in [0.2, 0.25) is 0 Å². The Labute approximate surface area is 158 Å². The van der Waals surface area contributed by atoms with Crippen molar-refractivity contribution in [1.82, 2.24) is 5.32 Å². The van der Waals surface area contributed by atoms with Crippen molar-refractivity contribution in [2.24, 2.45) is 0 Å². The fraction of sp³-hybridized carbons (Fsp3) is 0.263. The second-order valence-electron chi connectivity index (χ2n) is 6.35. The Bertz CT molecular complexity index is 944. The minimum atomic E-state index is -3.31. The number of anilines is 2. The second-order valence-corrected chi connectivity index (χ2v) is 8.36. The van der Waals surface area contributed by atoms with Crippen molar-refractivity contribution in [2.45, 2.75) is 19.4 Å². The molecule has 0 spiro atoms. The summed E-state index contributed by atoms with van der Waals surface area (Å²) in [5.74, 6) is -1.45. The number of amides is 2. The molecule has 2 amide bonds. The molecule has 0 aliphatic carbocycles. The number of hydrogen-bond donors (Lipinski definition) is 2. The van der Waals surface area contributed by atoms with Crippen molar-refractivity contribution >= 4 is 33.2 Å². The van der Waals surface area contributed by atoms with Crippen molar-refractivity contribution < 1.29 is 18.0 Å². The zero-order chi connectivity index (χ0) is 19.4. The van der Waals surface area contributed by atoms with Crippen molar-refractivity contribution in [3.8, 4) is 0 Å². The Hall–Kier alpha value is -2.87. The summed E-state index contributed by atoms with van der Waals surface area (Å²) < 4.78 is 25.4. The summed E-state index contributed by atoms with van der Waals surface area (Å²) in [6.07, 6.45) is 0.568. The molecule has 0 bridgehead atoms. The predicted molar refractivity (Wildman–Crippen MR) is 104 cm³/mol. The zero-order valence-electron chi connectivity index (χ0n) is 14.9. The minimum absolute atomic E-state index is 0.114. The summed E-state index contributed by atoms with van der Waals surface area (Å²) in [5.41, 5.74) is 1.73. The molecule has 0 aromatic heterocycles. The molecule has 0 unspecified atom stereocenters. The fourth-order valence-electron chi connectivity index (χ4n) is 2.94. The number of sulfonamides is 1. The van der Waals surface area contributed by atoms with Gasteiger partial charge in [0.05, 0.1) is 17.5 Å². The molecule has 0 radical (unpaired) electrons. The third-order valence-electron chi connectivity index (χ3n) is 4.34. The van der Waals surface area contributed by atoms with Gasteiger partial charge in [-0.05, 0) is 37.1 Å². The average molecular weight is 387 g/mol. The number of hydrogen-bond acceptors (Lipinski definition) is 4. The highest BCUT2D eigenvalue weighted by Gasteiger charge is 2.28. The first-order valence-corrected chi connectivity index (χ1v) is 10.2. The van der Waals surface area contributed by atoms with Gasteiger partial charge in [-0.25, -0.2) is 8.42 Å². The van der Waals surface area contributed by atoms with E-state index >= 15 is 0 Å². The van der Waals surface area contributed by atoms with Crippen LogP contribution in [-0.2, 0) is 19.6 Å². The molecule has 7 nitrogen and oxygen atoms in total. The second kappa shape index (κ2) is 7.79. The Kier molecular flexibility index (Phi) is 5.46. The van der Waals surface area contributed by atoms with Crippen molar-refractivity contribution in [3.05, 3.63) is 60.2 Å². The fourth-order valence-corrected chi connectivity index (χ4v) is 4.50. The van der Waals surface area contributed by atoms with E-state index in [4.69, 9.17) is 0 Å². The molecule has 142 valence electrons. The minimum Gasteiger partial charge on any atom is -0.341 e. The normalized spacial score (nSPS) is 16.6. The van der Waals surface area contributed by atoms with Crippen LogP contribution in [0.15, 0.2) is 54.6 Å². The molecule has 8 heteroatoms. The highest BCUT2D eigenvalue weighted by Crippen LogP contribution is 2.26. The molecule has 1 fully saturated rings. The predicted octanol–water partition coefficient (Wildman–Crippen LogP) is 2.04. The first-order chi connectivity index (χ1) is 12.9. The van der Waals surface area contributed by atoms with E-state index in [0.29, 0.717) is 24.3 Å². The average Bonchev–Trinajstić information content (AvgIpc) is 3.01. The van der Waals surface area contributed by atoms with Crippen LogP contribution in [-0.4, -0.2) is 32.5 Å². The summed E-state index contributed by atoms with van der Waals surface area (Å²) in [5, 5.41) is 5.16. The van der Waals surface area contributed by atoms with Crippen LogP contribution in [0, 0.1) is 0 Å². The van der Waals surface area contributed by atoms with E-state index in [9.17, 15) is 18.0 Å². The maximum atomic E-state index is 12.2. The smallest absolute Gasteiger partial charge is 0.313 e. The molecule has 0 saturated carbocycles. The van der Waals surface area contributed by atoms with Crippen LogP contribution >= 0.6 is 0 Å². The monoisotopic (exact) mass is 387 g/mol. The van der Waals surface area contributed by atoms with Crippen LogP contribution in [0.5, 0.6) is 0 Å². The number of benzene rings is 2. The third kappa shape index (κ3) is 4.46. The highest BCUT2D eigenvalue weighted by atomic mass is 32.2. The van der Waals surface area contributed by atoms with Gasteiger partial charge in [-0.2, -0.15) is 0 Å². The molecule has 1 aliphatic rings. The molecule has 1 saturated heterocycles. The maximum Gasteiger partial charge on any atom is 0.313 e. The van der Waals surface area contributed by atoms with Gasteiger partial charge in [-0.1, -0.05) is 36.4 Å². The molecule has 2 aromatic carbocycles. The standard InChI is InChI=1S/C19H21N3O4S/c1-14(15-7-3-2-4-8-15)20-18(23)19(24)21-16-9-5-10-17(13-16)22-11-6-12-27(22,25)26/h2-5,7-10,13-14H,6,11-12H2,1H3,(H,20,23)(H,21,24)/t14-/m0/s1. The van der Waals surface area contributed by atoms with Crippen LogP contribution in [0.3, 0.4) is 0 Å². The van der Waals surface area contributed by atoms with E-state index < -0.39 is 21.8 Å². The van der Waals surface area contributed by atoms with E-state index in [1.807, 2.05) is 30.3 Å². The van der Waals surface area contributed by atoms with E-state index in [1.54, 1.807) is 31.2 Å². The van der Waals surface area contributed by atoms with Gasteiger partial charge in [0, 0.05) is 12.2 Å². The molecular weight excluding hydrogens is 366 g/mol. The lowest BCUT2D eigenvalue weighted by Gasteiger charge is -2.18. The highest BCUT2D eigenvalue weighted by molar-refractivity contribution is 7.93. The summed E-state index contributed by atoms with van der Waals surface area (Å²) in [6.45, 7) is 2.20. The lowest BCUT2D eigenvalue weighted by molar-refractivity contribution is -0.136. The van der Waals surface area contributed by atoms with E-state index in [1.165, 1.54) is 4.31 Å². The molecule has 27 heavy (non-hydrogen) atoms. The third-order valence-corrected chi connectivity index (χ3v) is 6.21. The SMILES string of the molecule is C[C@H](NC(=O)C(=O)Nc1cccc(N2CCCS2(=O)=O)c1)c1ccccc1. The van der Waals surface area contributed by atoms with Crippen LogP contribution in [0.4, 0.5) is 11.4 Å². The van der Waals surface area contributed by atoms with E-state index in [2.05, 4.69) is 10.6 Å². The van der Waals surface area contributed by atoms with Gasteiger partial charge in [-0.3, -0.25) is 13.9 Å². The lowest BCUT2D eigenvalue weighted by Crippen LogP contribution is -2.37. The molecule has 2 N–H and O–H groups in total. The quantitative estimate of drug-likeness (QED) is 0.785. The summed E-state index contributed by atoms with van der Waals surface area (Å²) in [7, 11) is -3.31. The topological polar surface area (TPSA) is 95.6 Å². The van der Waals surface area contributed by atoms with Gasteiger partial charge >= 0.3 is 11.8 Å². The van der Waals surface area contributed by atoms with E-state index in [0.717, 1.165) is 5.56 Å². The van der Waals surface area contributed by atoms with Gasteiger partial charge in [0.2, 0.25) is 10.0 Å². The molecule has 1 atom stereocenters. The first kappa shape index (κ1) is 18.9. The largest absolute Gasteiger partial charge is 0.341 e. The van der Waals surface area contributed by atoms with Gasteiger partial charge in [0.15, 0.2) is 0 Å².